The fourth-order valence-electron chi connectivity index (χ4n) is 1.48. The molecule has 0 radical (unpaired) electrons. The number of nitrogens with two attached hydrogens (primary N) is 1. The summed E-state index contributed by atoms with van der Waals surface area (Å²) in [5.74, 6) is 0.709. The van der Waals surface area contributed by atoms with E-state index in [1.54, 1.807) is 0 Å². The molecule has 0 aliphatic heterocycles. The molecule has 1 aromatic rings. The van der Waals surface area contributed by atoms with Crippen LogP contribution in [0, 0.1) is 0 Å². The summed E-state index contributed by atoms with van der Waals surface area (Å²) >= 11 is 1.32. The summed E-state index contributed by atoms with van der Waals surface area (Å²) in [7, 11) is 0. The van der Waals surface area contributed by atoms with E-state index < -0.39 is 0 Å². The third-order valence-electron chi connectivity index (χ3n) is 2.12. The molecule has 1 heterocycles. The lowest BCUT2D eigenvalue weighted by molar-refractivity contribution is -0.144. The summed E-state index contributed by atoms with van der Waals surface area (Å²) < 4.78 is 7.00. The van der Waals surface area contributed by atoms with E-state index in [2.05, 4.69) is 10.2 Å². The summed E-state index contributed by atoms with van der Waals surface area (Å²) in [6, 6.07) is 0.210. The number of hydrogen-bond donors (Lipinski definition) is 1. The molecule has 7 heteroatoms. The van der Waals surface area contributed by atoms with Gasteiger partial charge in [-0.15, -0.1) is 10.2 Å². The van der Waals surface area contributed by atoms with Gasteiger partial charge in [-0.25, -0.2) is 0 Å². The van der Waals surface area contributed by atoms with Gasteiger partial charge < -0.3 is 15.0 Å². The van der Waals surface area contributed by atoms with E-state index in [0.717, 1.165) is 5.82 Å². The molecule has 2 N–H and O–H groups in total. The van der Waals surface area contributed by atoms with Crippen LogP contribution in [0.4, 0.5) is 0 Å². The van der Waals surface area contributed by atoms with Crippen molar-refractivity contribution in [2.24, 2.45) is 5.73 Å². The van der Waals surface area contributed by atoms with Crippen LogP contribution in [0.25, 0.3) is 0 Å². The van der Waals surface area contributed by atoms with Crippen LogP contribution in [0.15, 0.2) is 5.16 Å². The Morgan fingerprint density at radius 3 is 2.56 bits per heavy atom. The zero-order chi connectivity index (χ0) is 13.7. The van der Waals surface area contributed by atoms with Gasteiger partial charge in [0.15, 0.2) is 5.16 Å². The van der Waals surface area contributed by atoms with Gasteiger partial charge in [0.1, 0.15) is 5.82 Å². The molecule has 0 aliphatic rings. The minimum atomic E-state index is -0.248. The van der Waals surface area contributed by atoms with Crippen LogP contribution in [-0.4, -0.2) is 32.6 Å². The first-order valence-corrected chi connectivity index (χ1v) is 6.90. The highest BCUT2D eigenvalue weighted by Crippen LogP contribution is 2.21. The van der Waals surface area contributed by atoms with Gasteiger partial charge in [-0.3, -0.25) is 4.79 Å². The Labute approximate surface area is 111 Å². The first-order chi connectivity index (χ1) is 8.45. The van der Waals surface area contributed by atoms with E-state index in [-0.39, 0.29) is 23.9 Å². The predicted octanol–water partition coefficient (Wildman–Crippen LogP) is 1.36. The Balaban J connectivity index is 2.67. The standard InChI is InChI=1S/C11H20N4O2S/c1-7(2)15-9(5-12)13-14-11(15)18-6-10(16)17-8(3)4/h7-8H,5-6,12H2,1-4H3. The molecule has 18 heavy (non-hydrogen) atoms. The van der Waals surface area contributed by atoms with Crippen molar-refractivity contribution in [1.29, 1.82) is 0 Å². The van der Waals surface area contributed by atoms with E-state index >= 15 is 0 Å². The van der Waals surface area contributed by atoms with Gasteiger partial charge in [0.25, 0.3) is 0 Å². The van der Waals surface area contributed by atoms with Gasteiger partial charge in [-0.2, -0.15) is 0 Å². The smallest absolute Gasteiger partial charge is 0.316 e. The third kappa shape index (κ3) is 3.99. The van der Waals surface area contributed by atoms with Gasteiger partial charge >= 0.3 is 5.97 Å². The van der Waals surface area contributed by atoms with Crippen molar-refractivity contribution < 1.29 is 9.53 Å². The fourth-order valence-corrected chi connectivity index (χ4v) is 2.35. The van der Waals surface area contributed by atoms with E-state index in [1.165, 1.54) is 11.8 Å². The summed E-state index contributed by atoms with van der Waals surface area (Å²) in [5.41, 5.74) is 5.60. The Bertz CT molecular complexity index is 404. The summed E-state index contributed by atoms with van der Waals surface area (Å²) in [4.78, 5) is 11.5. The molecule has 0 bridgehead atoms. The average molecular weight is 272 g/mol. The van der Waals surface area contributed by atoms with Crippen LogP contribution in [-0.2, 0) is 16.1 Å². The molecule has 1 rings (SSSR count). The summed E-state index contributed by atoms with van der Waals surface area (Å²) in [6.45, 7) is 8.04. The number of ether oxygens (including phenoxy) is 1. The number of rotatable bonds is 6. The van der Waals surface area contributed by atoms with E-state index in [4.69, 9.17) is 10.5 Å². The lowest BCUT2D eigenvalue weighted by atomic mass is 10.4. The first-order valence-electron chi connectivity index (χ1n) is 5.91. The zero-order valence-electron chi connectivity index (χ0n) is 11.2. The highest BCUT2D eigenvalue weighted by Gasteiger charge is 2.16. The first kappa shape index (κ1) is 15.0. The molecule has 0 spiro atoms. The molecule has 102 valence electrons. The van der Waals surface area contributed by atoms with Crippen LogP contribution in [0.1, 0.15) is 39.6 Å². The van der Waals surface area contributed by atoms with E-state index in [9.17, 15) is 4.79 Å². The third-order valence-corrected chi connectivity index (χ3v) is 3.04. The Kier molecular flexibility index (Phi) is 5.61. The number of carbonyl (C=O) groups is 1. The van der Waals surface area contributed by atoms with Crippen molar-refractivity contribution in [3.63, 3.8) is 0 Å². The molecular formula is C11H20N4O2S. The molecule has 0 saturated heterocycles. The quantitative estimate of drug-likeness (QED) is 0.622. The van der Waals surface area contributed by atoms with Crippen molar-refractivity contribution in [2.45, 2.75) is 51.5 Å². The summed E-state index contributed by atoms with van der Waals surface area (Å²) in [6.07, 6.45) is -0.0966. The topological polar surface area (TPSA) is 83.0 Å². The van der Waals surface area contributed by atoms with Crippen LogP contribution in [0.2, 0.25) is 0 Å². The molecule has 0 aromatic carbocycles. The second-order valence-electron chi connectivity index (χ2n) is 4.39. The van der Waals surface area contributed by atoms with Crippen molar-refractivity contribution in [3.05, 3.63) is 5.82 Å². The number of carbonyl (C=O) groups excluding carboxylic acids is 1. The highest BCUT2D eigenvalue weighted by atomic mass is 32.2. The van der Waals surface area contributed by atoms with Crippen molar-refractivity contribution in [1.82, 2.24) is 14.8 Å². The Hall–Kier alpha value is -1.08. The Morgan fingerprint density at radius 1 is 1.39 bits per heavy atom. The van der Waals surface area contributed by atoms with Crippen molar-refractivity contribution in [3.8, 4) is 0 Å². The number of hydrogen-bond acceptors (Lipinski definition) is 6. The minimum absolute atomic E-state index is 0.0966. The van der Waals surface area contributed by atoms with Gasteiger partial charge in [-0.1, -0.05) is 11.8 Å². The molecule has 0 saturated carbocycles. The van der Waals surface area contributed by atoms with Crippen LogP contribution in [0.5, 0.6) is 0 Å². The van der Waals surface area contributed by atoms with Crippen LogP contribution >= 0.6 is 11.8 Å². The van der Waals surface area contributed by atoms with Gasteiger partial charge in [0.2, 0.25) is 0 Å². The molecule has 0 aliphatic carbocycles. The predicted molar refractivity (Wildman–Crippen MR) is 70.3 cm³/mol. The maximum atomic E-state index is 11.5. The van der Waals surface area contributed by atoms with Gasteiger partial charge in [-0.05, 0) is 27.7 Å². The monoisotopic (exact) mass is 272 g/mol. The molecule has 0 unspecified atom stereocenters. The molecule has 0 amide bonds. The number of thioether (sulfide) groups is 1. The van der Waals surface area contributed by atoms with Crippen LogP contribution in [0.3, 0.4) is 0 Å². The maximum Gasteiger partial charge on any atom is 0.316 e. The van der Waals surface area contributed by atoms with Crippen LogP contribution < -0.4 is 5.73 Å². The Morgan fingerprint density at radius 2 is 2.06 bits per heavy atom. The maximum absolute atomic E-state index is 11.5. The van der Waals surface area contributed by atoms with Crippen molar-refractivity contribution >= 4 is 17.7 Å². The highest BCUT2D eigenvalue weighted by molar-refractivity contribution is 7.99. The second kappa shape index (κ2) is 6.75. The average Bonchev–Trinajstić information content (AvgIpc) is 2.68. The lowest BCUT2D eigenvalue weighted by Gasteiger charge is -2.12. The molecule has 1 aromatic heterocycles. The fraction of sp³-hybridized carbons (Fsp3) is 0.727. The number of aromatic nitrogens is 3. The van der Waals surface area contributed by atoms with Crippen molar-refractivity contribution in [2.75, 3.05) is 5.75 Å². The number of esters is 1. The number of nitrogens with zero attached hydrogens (tertiary/aromatic N) is 3. The zero-order valence-corrected chi connectivity index (χ0v) is 12.0. The largest absolute Gasteiger partial charge is 0.462 e. The van der Waals surface area contributed by atoms with Gasteiger partial charge in [0, 0.05) is 6.04 Å². The van der Waals surface area contributed by atoms with Gasteiger partial charge in [0.05, 0.1) is 18.4 Å². The normalized spacial score (nSPS) is 11.3. The lowest BCUT2D eigenvalue weighted by Crippen LogP contribution is -2.15. The second-order valence-corrected chi connectivity index (χ2v) is 5.34. The SMILES string of the molecule is CC(C)OC(=O)CSc1nnc(CN)n1C(C)C. The molecule has 0 atom stereocenters. The molecule has 6 nitrogen and oxygen atoms in total. The van der Waals surface area contributed by atoms with E-state index in [0.29, 0.717) is 11.7 Å². The minimum Gasteiger partial charge on any atom is -0.462 e. The summed E-state index contributed by atoms with van der Waals surface area (Å²) in [5, 5.41) is 8.76. The van der Waals surface area contributed by atoms with E-state index in [1.807, 2.05) is 32.3 Å². The molecular weight excluding hydrogens is 252 g/mol. The molecule has 0 fully saturated rings.